The van der Waals surface area contributed by atoms with Crippen molar-refractivity contribution < 1.29 is 4.42 Å². The molecule has 0 N–H and O–H groups in total. The Balaban J connectivity index is 1.25. The number of rotatable bonds is 3. The molecule has 0 aliphatic heterocycles. The minimum Gasteiger partial charge on any atom is -0.456 e. The summed E-state index contributed by atoms with van der Waals surface area (Å²) in [5.41, 5.74) is 11.3. The second-order valence-electron chi connectivity index (χ2n) is 15.2. The third-order valence-electron chi connectivity index (χ3n) is 12.3. The summed E-state index contributed by atoms with van der Waals surface area (Å²) in [6.07, 6.45) is 0. The van der Waals surface area contributed by atoms with Crippen molar-refractivity contribution in [3.05, 3.63) is 194 Å². The first kappa shape index (κ1) is 30.7. The largest absolute Gasteiger partial charge is 0.456 e. The van der Waals surface area contributed by atoms with Crippen molar-refractivity contribution in [2.45, 2.75) is 0 Å². The molecule has 0 atom stereocenters. The summed E-state index contributed by atoms with van der Waals surface area (Å²) in [6, 6.07) is 70.7. The predicted octanol–water partition coefficient (Wildman–Crippen LogP) is 14.9. The van der Waals surface area contributed by atoms with Crippen molar-refractivity contribution in [2.24, 2.45) is 0 Å². The molecule has 3 heteroatoms. The van der Waals surface area contributed by atoms with E-state index in [0.29, 0.717) is 0 Å². The number of para-hydroxylation sites is 3. The summed E-state index contributed by atoms with van der Waals surface area (Å²) < 4.78 is 11.3. The molecule has 0 amide bonds. The molecule has 3 aromatic heterocycles. The lowest BCUT2D eigenvalue weighted by atomic mass is 9.89. The lowest BCUT2D eigenvalue weighted by Gasteiger charge is -2.16. The number of furan rings is 1. The van der Waals surface area contributed by atoms with Crippen molar-refractivity contribution in [3.63, 3.8) is 0 Å². The Morgan fingerprint density at radius 3 is 1.37 bits per heavy atom. The van der Waals surface area contributed by atoms with Gasteiger partial charge in [-0.15, -0.1) is 0 Å². The van der Waals surface area contributed by atoms with Gasteiger partial charge in [0, 0.05) is 59.9 Å². The first-order valence-electron chi connectivity index (χ1n) is 19.6. The topological polar surface area (TPSA) is 23.0 Å². The molecule has 10 aromatic carbocycles. The summed E-state index contributed by atoms with van der Waals surface area (Å²) in [5.74, 6) is 0. The third kappa shape index (κ3) is 4.15. The van der Waals surface area contributed by atoms with Crippen LogP contribution >= 0.6 is 0 Å². The normalized spacial score (nSPS) is 12.2. The van der Waals surface area contributed by atoms with Gasteiger partial charge in [-0.25, -0.2) is 0 Å². The van der Waals surface area contributed by atoms with Gasteiger partial charge in [-0.2, -0.15) is 0 Å². The van der Waals surface area contributed by atoms with E-state index in [0.717, 1.165) is 33.3 Å². The molecule has 3 nitrogen and oxygen atoms in total. The van der Waals surface area contributed by atoms with Crippen LogP contribution in [0.25, 0.3) is 120 Å². The summed E-state index contributed by atoms with van der Waals surface area (Å²) in [5, 5.41) is 14.9. The maximum absolute atomic E-state index is 6.31. The zero-order valence-electron chi connectivity index (χ0n) is 30.8. The van der Waals surface area contributed by atoms with E-state index in [1.807, 2.05) is 6.07 Å². The summed E-state index contributed by atoms with van der Waals surface area (Å²) in [4.78, 5) is 0. The first-order chi connectivity index (χ1) is 28.3. The Bertz CT molecular complexity index is 3790. The molecule has 0 aliphatic carbocycles. The molecular formula is C54H32N2O. The molecule has 0 unspecified atom stereocenters. The van der Waals surface area contributed by atoms with E-state index in [1.54, 1.807) is 0 Å². The van der Waals surface area contributed by atoms with Gasteiger partial charge in [0.25, 0.3) is 0 Å². The number of fused-ring (bicyclic) bond motifs is 18. The second kappa shape index (κ2) is 11.5. The van der Waals surface area contributed by atoms with Gasteiger partial charge in [-0.3, -0.25) is 0 Å². The van der Waals surface area contributed by atoms with E-state index in [4.69, 9.17) is 4.42 Å². The van der Waals surface area contributed by atoms with Crippen LogP contribution in [0, 0.1) is 0 Å². The maximum Gasteiger partial charge on any atom is 0.135 e. The molecule has 264 valence electrons. The van der Waals surface area contributed by atoms with Crippen LogP contribution in [0.1, 0.15) is 0 Å². The molecule has 0 spiro atoms. The Kier molecular flexibility index (Phi) is 6.16. The Morgan fingerprint density at radius 1 is 0.281 bits per heavy atom. The fraction of sp³-hybridized carbons (Fsp3) is 0. The van der Waals surface area contributed by atoms with Crippen LogP contribution in [0.3, 0.4) is 0 Å². The molecule has 13 aromatic rings. The van der Waals surface area contributed by atoms with E-state index in [2.05, 4.69) is 197 Å². The fourth-order valence-electron chi connectivity index (χ4n) is 9.92. The van der Waals surface area contributed by atoms with E-state index < -0.39 is 0 Å². The number of nitrogens with zero attached hydrogens (tertiary/aromatic N) is 2. The molecule has 0 saturated heterocycles. The highest BCUT2D eigenvalue weighted by atomic mass is 16.3. The van der Waals surface area contributed by atoms with E-state index in [-0.39, 0.29) is 0 Å². The first-order valence-corrected chi connectivity index (χ1v) is 19.6. The van der Waals surface area contributed by atoms with Crippen molar-refractivity contribution in [1.82, 2.24) is 9.13 Å². The minimum atomic E-state index is 0.897. The van der Waals surface area contributed by atoms with Crippen molar-refractivity contribution in [3.8, 4) is 22.5 Å². The van der Waals surface area contributed by atoms with Crippen LogP contribution in [-0.2, 0) is 0 Å². The highest BCUT2D eigenvalue weighted by molar-refractivity contribution is 6.45. The number of aromatic nitrogens is 2. The summed E-state index contributed by atoms with van der Waals surface area (Å²) in [6.45, 7) is 0. The van der Waals surface area contributed by atoms with Gasteiger partial charge in [0.05, 0.1) is 22.1 Å². The van der Waals surface area contributed by atoms with Gasteiger partial charge in [-0.1, -0.05) is 146 Å². The summed E-state index contributed by atoms with van der Waals surface area (Å²) in [7, 11) is 0. The van der Waals surface area contributed by atoms with Crippen LogP contribution in [0.15, 0.2) is 199 Å². The highest BCUT2D eigenvalue weighted by Gasteiger charge is 2.26. The van der Waals surface area contributed by atoms with Gasteiger partial charge in [0.15, 0.2) is 0 Å². The van der Waals surface area contributed by atoms with Gasteiger partial charge >= 0.3 is 0 Å². The quantitative estimate of drug-likeness (QED) is 0.166. The molecule has 0 saturated carbocycles. The zero-order valence-corrected chi connectivity index (χ0v) is 30.8. The van der Waals surface area contributed by atoms with Crippen LogP contribution in [0.4, 0.5) is 0 Å². The van der Waals surface area contributed by atoms with Crippen molar-refractivity contribution >= 4 is 97.9 Å². The van der Waals surface area contributed by atoms with Crippen LogP contribution < -0.4 is 0 Å². The van der Waals surface area contributed by atoms with Gasteiger partial charge < -0.3 is 13.6 Å². The average molecular weight is 725 g/mol. The average Bonchev–Trinajstić information content (AvgIpc) is 3.95. The number of hydrogen-bond donors (Lipinski definition) is 0. The third-order valence-corrected chi connectivity index (χ3v) is 12.3. The molecule has 13 rings (SSSR count). The SMILES string of the molecule is c1ccc(-c2ccc(-n3c4ccccc4c4c5c(c6ccccc6c43)c3ccccc3c3c5c4ccccc4n3-c3ccc4oc5ccccc5c4c3)cc2)cc1. The van der Waals surface area contributed by atoms with Crippen LogP contribution in [-0.4, -0.2) is 9.13 Å². The zero-order chi connectivity index (χ0) is 37.2. The van der Waals surface area contributed by atoms with Crippen LogP contribution in [0.5, 0.6) is 0 Å². The lowest BCUT2D eigenvalue weighted by molar-refractivity contribution is 0.669. The minimum absolute atomic E-state index is 0.897. The Labute approximate surface area is 326 Å². The van der Waals surface area contributed by atoms with Crippen molar-refractivity contribution in [2.75, 3.05) is 0 Å². The van der Waals surface area contributed by atoms with E-state index >= 15 is 0 Å². The molecular weight excluding hydrogens is 693 g/mol. The lowest BCUT2D eigenvalue weighted by Crippen LogP contribution is -1.96. The Morgan fingerprint density at radius 2 is 0.737 bits per heavy atom. The van der Waals surface area contributed by atoms with Crippen LogP contribution in [0.2, 0.25) is 0 Å². The molecule has 3 heterocycles. The molecule has 0 bridgehead atoms. The fourth-order valence-corrected chi connectivity index (χ4v) is 9.92. The van der Waals surface area contributed by atoms with E-state index in [1.165, 1.54) is 87.1 Å². The van der Waals surface area contributed by atoms with Gasteiger partial charge in [-0.05, 0) is 75.8 Å². The Hall–Kier alpha value is -7.62. The molecule has 0 radical (unpaired) electrons. The highest BCUT2D eigenvalue weighted by Crippen LogP contribution is 2.50. The van der Waals surface area contributed by atoms with E-state index in [9.17, 15) is 0 Å². The predicted molar refractivity (Wildman–Crippen MR) is 240 cm³/mol. The summed E-state index contributed by atoms with van der Waals surface area (Å²) >= 11 is 0. The van der Waals surface area contributed by atoms with Gasteiger partial charge in [0.1, 0.15) is 11.2 Å². The van der Waals surface area contributed by atoms with Gasteiger partial charge in [0.2, 0.25) is 0 Å². The molecule has 0 aliphatic rings. The smallest absolute Gasteiger partial charge is 0.135 e. The standard InChI is InChI=1S/C54H32N2O/c1-2-14-33(15-3-1)34-26-28-35(29-27-34)55-45-23-11-8-21-42(45)50-52-49(38-17-4-6-19-40(38)53(50)55)39-18-5-7-20-41(39)54-51(52)43-22-9-12-24-46(43)56(54)36-30-31-48-44(32-36)37-16-10-13-25-47(37)57-48/h1-32H. The number of benzene rings is 10. The molecule has 0 fully saturated rings. The number of hydrogen-bond acceptors (Lipinski definition) is 1. The molecule has 57 heavy (non-hydrogen) atoms. The van der Waals surface area contributed by atoms with Crippen molar-refractivity contribution in [1.29, 1.82) is 0 Å². The monoisotopic (exact) mass is 724 g/mol. The maximum atomic E-state index is 6.31. The second-order valence-corrected chi connectivity index (χ2v) is 15.2.